The molecule has 138 valence electrons. The minimum absolute atomic E-state index is 0.179. The Kier molecular flexibility index (Phi) is 6.56. The highest BCUT2D eigenvalue weighted by Crippen LogP contribution is 2.24. The lowest BCUT2D eigenvalue weighted by molar-refractivity contribution is -0.118. The van der Waals surface area contributed by atoms with Gasteiger partial charge in [0.2, 0.25) is 0 Å². The number of benzene rings is 1. The number of thioether (sulfide) groups is 1. The van der Waals surface area contributed by atoms with Gasteiger partial charge in [0.05, 0.1) is 17.7 Å². The predicted octanol–water partition coefficient (Wildman–Crippen LogP) is 3.26. The SMILES string of the molecule is CCn1c(SCC(=O)NN=Cc2ccccn2)nnc1-c1ccc(Cl)cc1. The lowest BCUT2D eigenvalue weighted by Gasteiger charge is -2.07. The lowest BCUT2D eigenvalue weighted by atomic mass is 10.2. The van der Waals surface area contributed by atoms with E-state index in [1.807, 2.05) is 47.9 Å². The van der Waals surface area contributed by atoms with Gasteiger partial charge in [-0.3, -0.25) is 9.78 Å². The fourth-order valence-electron chi connectivity index (χ4n) is 2.28. The molecule has 3 rings (SSSR count). The number of pyridine rings is 1. The van der Waals surface area contributed by atoms with Crippen molar-refractivity contribution in [3.8, 4) is 11.4 Å². The molecule has 9 heteroatoms. The van der Waals surface area contributed by atoms with E-state index in [9.17, 15) is 4.79 Å². The number of hydrogen-bond donors (Lipinski definition) is 1. The topological polar surface area (TPSA) is 85.1 Å². The first-order chi connectivity index (χ1) is 13.2. The first-order valence-electron chi connectivity index (χ1n) is 8.22. The molecule has 3 aromatic rings. The second-order valence-corrected chi connectivity index (χ2v) is 6.77. The van der Waals surface area contributed by atoms with E-state index in [2.05, 4.69) is 25.7 Å². The van der Waals surface area contributed by atoms with Gasteiger partial charge in [0.1, 0.15) is 0 Å². The number of amides is 1. The summed E-state index contributed by atoms with van der Waals surface area (Å²) in [5.41, 5.74) is 4.07. The number of nitrogens with one attached hydrogen (secondary N) is 1. The van der Waals surface area contributed by atoms with Crippen LogP contribution in [0.2, 0.25) is 5.02 Å². The van der Waals surface area contributed by atoms with Gasteiger partial charge in [-0.2, -0.15) is 5.10 Å². The molecule has 0 aliphatic carbocycles. The van der Waals surface area contributed by atoms with E-state index in [1.54, 1.807) is 12.3 Å². The first kappa shape index (κ1) is 19.1. The van der Waals surface area contributed by atoms with E-state index in [0.717, 1.165) is 11.4 Å². The lowest BCUT2D eigenvalue weighted by Crippen LogP contribution is -2.20. The smallest absolute Gasteiger partial charge is 0.250 e. The normalized spacial score (nSPS) is 11.0. The van der Waals surface area contributed by atoms with Crippen molar-refractivity contribution in [2.24, 2.45) is 5.10 Å². The number of rotatable bonds is 7. The average Bonchev–Trinajstić information content (AvgIpc) is 3.10. The third-order valence-corrected chi connectivity index (χ3v) is 4.76. The molecule has 0 saturated heterocycles. The molecule has 0 unspecified atom stereocenters. The van der Waals surface area contributed by atoms with E-state index in [-0.39, 0.29) is 11.7 Å². The van der Waals surface area contributed by atoms with Gasteiger partial charge in [0, 0.05) is 23.3 Å². The zero-order valence-electron chi connectivity index (χ0n) is 14.5. The second-order valence-electron chi connectivity index (χ2n) is 5.39. The maximum Gasteiger partial charge on any atom is 0.250 e. The van der Waals surface area contributed by atoms with Gasteiger partial charge in [-0.15, -0.1) is 10.2 Å². The number of carbonyl (C=O) groups excluding carboxylic acids is 1. The van der Waals surface area contributed by atoms with Crippen molar-refractivity contribution in [2.45, 2.75) is 18.6 Å². The van der Waals surface area contributed by atoms with Crippen LogP contribution in [0.25, 0.3) is 11.4 Å². The summed E-state index contributed by atoms with van der Waals surface area (Å²) in [6.45, 7) is 2.69. The predicted molar refractivity (Wildman–Crippen MR) is 107 cm³/mol. The average molecular weight is 401 g/mol. The molecule has 0 radical (unpaired) electrons. The minimum atomic E-state index is -0.231. The number of hydrogen-bond acceptors (Lipinski definition) is 6. The van der Waals surface area contributed by atoms with E-state index in [1.165, 1.54) is 18.0 Å². The van der Waals surface area contributed by atoms with Crippen molar-refractivity contribution in [3.05, 3.63) is 59.4 Å². The third kappa shape index (κ3) is 5.15. The van der Waals surface area contributed by atoms with Crippen LogP contribution in [0.15, 0.2) is 58.9 Å². The monoisotopic (exact) mass is 400 g/mol. The molecule has 2 heterocycles. The standard InChI is InChI=1S/C18H17ClN6OS/c1-2-25-17(13-6-8-14(19)9-7-13)23-24-18(25)27-12-16(26)22-21-11-15-5-3-4-10-20-15/h3-11H,2,12H2,1H3,(H,22,26). The maximum absolute atomic E-state index is 12.0. The van der Waals surface area contributed by atoms with Crippen LogP contribution >= 0.6 is 23.4 Å². The van der Waals surface area contributed by atoms with Gasteiger partial charge in [0.15, 0.2) is 11.0 Å². The molecule has 1 amide bonds. The number of aromatic nitrogens is 4. The molecule has 0 aliphatic heterocycles. The number of carbonyl (C=O) groups is 1. The van der Waals surface area contributed by atoms with E-state index in [4.69, 9.17) is 11.6 Å². The second kappa shape index (κ2) is 9.29. The van der Waals surface area contributed by atoms with Crippen LogP contribution in [-0.4, -0.2) is 37.6 Å². The molecule has 1 aromatic carbocycles. The van der Waals surface area contributed by atoms with Crippen molar-refractivity contribution in [3.63, 3.8) is 0 Å². The van der Waals surface area contributed by atoms with Gasteiger partial charge >= 0.3 is 0 Å². The van der Waals surface area contributed by atoms with E-state index < -0.39 is 0 Å². The van der Waals surface area contributed by atoms with Crippen LogP contribution in [-0.2, 0) is 11.3 Å². The largest absolute Gasteiger partial charge is 0.302 e. The molecule has 2 aromatic heterocycles. The van der Waals surface area contributed by atoms with Gasteiger partial charge in [-0.1, -0.05) is 29.4 Å². The molecule has 0 saturated carbocycles. The van der Waals surface area contributed by atoms with Crippen LogP contribution in [0, 0.1) is 0 Å². The van der Waals surface area contributed by atoms with Crippen LogP contribution in [0.3, 0.4) is 0 Å². The molecule has 0 fully saturated rings. The van der Waals surface area contributed by atoms with Gasteiger partial charge < -0.3 is 4.57 Å². The highest BCUT2D eigenvalue weighted by Gasteiger charge is 2.14. The fourth-order valence-corrected chi connectivity index (χ4v) is 3.20. The Balaban J connectivity index is 1.60. The Morgan fingerprint density at radius 1 is 1.26 bits per heavy atom. The molecule has 1 N–H and O–H groups in total. The number of halogens is 1. The Hall–Kier alpha value is -2.71. The summed E-state index contributed by atoms with van der Waals surface area (Å²) >= 11 is 7.24. The van der Waals surface area contributed by atoms with Crippen molar-refractivity contribution in [1.82, 2.24) is 25.2 Å². The highest BCUT2D eigenvalue weighted by atomic mass is 35.5. The first-order valence-corrected chi connectivity index (χ1v) is 9.58. The third-order valence-electron chi connectivity index (χ3n) is 3.54. The Morgan fingerprint density at radius 2 is 2.07 bits per heavy atom. The number of hydrazone groups is 1. The quantitative estimate of drug-likeness (QED) is 0.374. The summed E-state index contributed by atoms with van der Waals surface area (Å²) < 4.78 is 1.96. The summed E-state index contributed by atoms with van der Waals surface area (Å²) in [6, 6.07) is 12.9. The van der Waals surface area contributed by atoms with Crippen molar-refractivity contribution in [1.29, 1.82) is 0 Å². The summed E-state index contributed by atoms with van der Waals surface area (Å²) in [5, 5.41) is 13.7. The van der Waals surface area contributed by atoms with Crippen LogP contribution in [0.4, 0.5) is 0 Å². The van der Waals surface area contributed by atoms with Crippen molar-refractivity contribution in [2.75, 3.05) is 5.75 Å². The van der Waals surface area contributed by atoms with Gasteiger partial charge in [-0.05, 0) is 43.3 Å². The molecule has 0 bridgehead atoms. The van der Waals surface area contributed by atoms with Gasteiger partial charge in [-0.25, -0.2) is 5.43 Å². The molecule has 0 spiro atoms. The zero-order chi connectivity index (χ0) is 19.1. The van der Waals surface area contributed by atoms with Crippen molar-refractivity contribution >= 4 is 35.5 Å². The molecule has 0 aliphatic rings. The Morgan fingerprint density at radius 3 is 2.78 bits per heavy atom. The van der Waals surface area contributed by atoms with E-state index in [0.29, 0.717) is 22.4 Å². The molecular weight excluding hydrogens is 384 g/mol. The fraction of sp³-hybridized carbons (Fsp3) is 0.167. The highest BCUT2D eigenvalue weighted by molar-refractivity contribution is 7.99. The summed E-state index contributed by atoms with van der Waals surface area (Å²) in [5.74, 6) is 0.689. The zero-order valence-corrected chi connectivity index (χ0v) is 16.1. The van der Waals surface area contributed by atoms with Crippen LogP contribution < -0.4 is 5.43 Å². The van der Waals surface area contributed by atoms with Crippen LogP contribution in [0.5, 0.6) is 0 Å². The maximum atomic E-state index is 12.0. The summed E-state index contributed by atoms with van der Waals surface area (Å²) in [6.07, 6.45) is 3.16. The number of nitrogens with zero attached hydrogens (tertiary/aromatic N) is 5. The van der Waals surface area contributed by atoms with E-state index >= 15 is 0 Å². The Labute approximate surface area is 165 Å². The molecule has 27 heavy (non-hydrogen) atoms. The minimum Gasteiger partial charge on any atom is -0.302 e. The summed E-state index contributed by atoms with van der Waals surface area (Å²) in [7, 11) is 0. The molecule has 0 atom stereocenters. The summed E-state index contributed by atoms with van der Waals surface area (Å²) in [4.78, 5) is 16.1. The molecule has 7 nitrogen and oxygen atoms in total. The Bertz CT molecular complexity index is 927. The van der Waals surface area contributed by atoms with Gasteiger partial charge in [0.25, 0.3) is 5.91 Å². The molecular formula is C18H17ClN6OS. The van der Waals surface area contributed by atoms with Crippen LogP contribution in [0.1, 0.15) is 12.6 Å². The van der Waals surface area contributed by atoms with Crippen molar-refractivity contribution < 1.29 is 4.79 Å².